The van der Waals surface area contributed by atoms with Crippen LogP contribution >= 0.6 is 0 Å². The van der Waals surface area contributed by atoms with Crippen LogP contribution in [0.15, 0.2) is 11.1 Å². The van der Waals surface area contributed by atoms with Crippen LogP contribution in [0.4, 0.5) is 0 Å². The van der Waals surface area contributed by atoms with E-state index in [4.69, 9.17) is 0 Å². The van der Waals surface area contributed by atoms with Crippen LogP contribution in [0.25, 0.3) is 0 Å². The van der Waals surface area contributed by atoms with Crippen LogP contribution in [0, 0.1) is 11.8 Å². The zero-order chi connectivity index (χ0) is 11.0. The normalized spacial score (nSPS) is 28.0. The molecule has 0 spiro atoms. The van der Waals surface area contributed by atoms with Crippen LogP contribution in [0.1, 0.15) is 47.0 Å². The molecule has 0 amide bonds. The van der Waals surface area contributed by atoms with Crippen LogP contribution in [0.3, 0.4) is 0 Å². The molecule has 15 heavy (non-hydrogen) atoms. The molecular weight excluding hydrogens is 182 g/mol. The molecule has 1 atom stereocenters. The first kappa shape index (κ1) is 11.2. The molecule has 2 rings (SSSR count). The monoisotopic (exact) mass is 207 g/mol. The van der Waals surface area contributed by atoms with E-state index in [1.807, 2.05) is 0 Å². The zero-order valence-electron chi connectivity index (χ0n) is 10.7. The van der Waals surface area contributed by atoms with Gasteiger partial charge in [-0.25, -0.2) is 0 Å². The highest BCUT2D eigenvalue weighted by atomic mass is 15.2. The summed E-state index contributed by atoms with van der Waals surface area (Å²) < 4.78 is 0. The van der Waals surface area contributed by atoms with Gasteiger partial charge in [-0.2, -0.15) is 0 Å². The lowest BCUT2D eigenvalue weighted by atomic mass is 9.83. The van der Waals surface area contributed by atoms with Gasteiger partial charge in [-0.05, 0) is 37.6 Å². The molecule has 1 heteroatoms. The Balaban J connectivity index is 2.23. The Labute approximate surface area is 94.5 Å². The molecule has 0 bridgehead atoms. The molecule has 1 saturated heterocycles. The Bertz CT molecular complexity index is 237. The Morgan fingerprint density at radius 3 is 2.33 bits per heavy atom. The van der Waals surface area contributed by atoms with Crippen molar-refractivity contribution in [3.05, 3.63) is 11.1 Å². The van der Waals surface area contributed by atoms with Crippen molar-refractivity contribution in [2.24, 2.45) is 11.8 Å². The van der Waals surface area contributed by atoms with Crippen LogP contribution in [-0.2, 0) is 0 Å². The van der Waals surface area contributed by atoms with E-state index in [-0.39, 0.29) is 0 Å². The van der Waals surface area contributed by atoms with E-state index >= 15 is 0 Å². The summed E-state index contributed by atoms with van der Waals surface area (Å²) in [6.45, 7) is 12.0. The van der Waals surface area contributed by atoms with E-state index in [0.717, 1.165) is 17.9 Å². The lowest BCUT2D eigenvalue weighted by Crippen LogP contribution is -2.37. The number of hydrogen-bond acceptors (Lipinski definition) is 1. The summed E-state index contributed by atoms with van der Waals surface area (Å²) in [5.74, 6) is 1.49. The highest BCUT2D eigenvalue weighted by Crippen LogP contribution is 2.36. The fraction of sp³-hybridized carbons (Fsp3) is 0.857. The Kier molecular flexibility index (Phi) is 3.20. The van der Waals surface area contributed by atoms with Crippen molar-refractivity contribution in [3.63, 3.8) is 0 Å². The summed E-state index contributed by atoms with van der Waals surface area (Å²) in [5, 5.41) is 0. The minimum Gasteiger partial charge on any atom is -0.296 e. The van der Waals surface area contributed by atoms with Gasteiger partial charge in [-0.3, -0.25) is 4.90 Å². The number of hydrogen-bond donors (Lipinski definition) is 0. The van der Waals surface area contributed by atoms with E-state index in [1.165, 1.54) is 32.4 Å². The Morgan fingerprint density at radius 1 is 1.07 bits per heavy atom. The summed E-state index contributed by atoms with van der Waals surface area (Å²) in [7, 11) is 0. The summed E-state index contributed by atoms with van der Waals surface area (Å²) in [4.78, 5) is 2.71. The molecule has 0 radical (unpaired) electrons. The fourth-order valence-corrected chi connectivity index (χ4v) is 3.20. The van der Waals surface area contributed by atoms with Gasteiger partial charge in [-0.1, -0.05) is 38.8 Å². The maximum atomic E-state index is 2.71. The third-order valence-electron chi connectivity index (χ3n) is 4.13. The second-order valence-corrected chi connectivity index (χ2v) is 5.83. The van der Waals surface area contributed by atoms with Crippen LogP contribution in [0.2, 0.25) is 0 Å². The first-order valence-electron chi connectivity index (χ1n) is 6.55. The molecule has 0 saturated carbocycles. The van der Waals surface area contributed by atoms with Crippen molar-refractivity contribution in [3.8, 4) is 0 Å². The van der Waals surface area contributed by atoms with Crippen LogP contribution in [0.5, 0.6) is 0 Å². The lowest BCUT2D eigenvalue weighted by Gasteiger charge is -2.36. The van der Waals surface area contributed by atoms with E-state index < -0.39 is 0 Å². The van der Waals surface area contributed by atoms with Gasteiger partial charge in [0.15, 0.2) is 0 Å². The predicted octanol–water partition coefficient (Wildman–Crippen LogP) is 3.46. The van der Waals surface area contributed by atoms with Crippen molar-refractivity contribution in [2.75, 3.05) is 13.1 Å². The van der Waals surface area contributed by atoms with Gasteiger partial charge in [0.2, 0.25) is 0 Å². The van der Waals surface area contributed by atoms with Gasteiger partial charge in [0, 0.05) is 12.6 Å². The van der Waals surface area contributed by atoms with Crippen molar-refractivity contribution in [1.29, 1.82) is 0 Å². The molecule has 0 aliphatic carbocycles. The van der Waals surface area contributed by atoms with E-state index in [1.54, 1.807) is 11.1 Å². The SMILES string of the molecule is CC(C)C1=C(C(C)C)CN2CCCC2C1. The fourth-order valence-electron chi connectivity index (χ4n) is 3.20. The van der Waals surface area contributed by atoms with Gasteiger partial charge in [0.1, 0.15) is 0 Å². The zero-order valence-corrected chi connectivity index (χ0v) is 10.7. The highest BCUT2D eigenvalue weighted by Gasteiger charge is 2.32. The second kappa shape index (κ2) is 4.29. The molecule has 1 nitrogen and oxygen atoms in total. The Morgan fingerprint density at radius 2 is 1.73 bits per heavy atom. The van der Waals surface area contributed by atoms with E-state index in [9.17, 15) is 0 Å². The minimum atomic E-state index is 0.740. The molecule has 0 aromatic carbocycles. The number of rotatable bonds is 2. The predicted molar refractivity (Wildman–Crippen MR) is 65.9 cm³/mol. The average molecular weight is 207 g/mol. The smallest absolute Gasteiger partial charge is 0.0201 e. The minimum absolute atomic E-state index is 0.740. The van der Waals surface area contributed by atoms with E-state index in [2.05, 4.69) is 32.6 Å². The van der Waals surface area contributed by atoms with Gasteiger partial charge in [-0.15, -0.1) is 0 Å². The molecule has 0 aromatic heterocycles. The quantitative estimate of drug-likeness (QED) is 0.627. The van der Waals surface area contributed by atoms with Crippen molar-refractivity contribution in [2.45, 2.75) is 53.0 Å². The van der Waals surface area contributed by atoms with Crippen LogP contribution < -0.4 is 0 Å². The maximum Gasteiger partial charge on any atom is 0.0201 e. The summed E-state index contributed by atoms with van der Waals surface area (Å²) in [6, 6.07) is 0.880. The highest BCUT2D eigenvalue weighted by molar-refractivity contribution is 5.24. The molecule has 2 aliphatic rings. The lowest BCUT2D eigenvalue weighted by molar-refractivity contribution is 0.242. The molecular formula is C14H25N. The molecule has 1 unspecified atom stereocenters. The van der Waals surface area contributed by atoms with Gasteiger partial charge in [0.25, 0.3) is 0 Å². The topological polar surface area (TPSA) is 3.24 Å². The molecule has 0 aromatic rings. The van der Waals surface area contributed by atoms with Crippen molar-refractivity contribution >= 4 is 0 Å². The summed E-state index contributed by atoms with van der Waals surface area (Å²) in [6.07, 6.45) is 4.20. The summed E-state index contributed by atoms with van der Waals surface area (Å²) in [5.41, 5.74) is 3.51. The first-order valence-corrected chi connectivity index (χ1v) is 6.55. The maximum absolute atomic E-state index is 2.71. The molecule has 2 heterocycles. The third-order valence-corrected chi connectivity index (χ3v) is 4.13. The largest absolute Gasteiger partial charge is 0.296 e. The number of nitrogens with zero attached hydrogens (tertiary/aromatic N) is 1. The van der Waals surface area contributed by atoms with Crippen LogP contribution in [-0.4, -0.2) is 24.0 Å². The summed E-state index contributed by atoms with van der Waals surface area (Å²) >= 11 is 0. The average Bonchev–Trinajstić information content (AvgIpc) is 2.61. The van der Waals surface area contributed by atoms with Gasteiger partial charge in [0.05, 0.1) is 0 Å². The third kappa shape index (κ3) is 2.13. The number of fused-ring (bicyclic) bond motifs is 1. The molecule has 86 valence electrons. The standard InChI is InChI=1S/C14H25N/c1-10(2)13-8-12-6-5-7-15(12)9-14(13)11(3)4/h10-12H,5-9H2,1-4H3. The van der Waals surface area contributed by atoms with Gasteiger partial charge < -0.3 is 0 Å². The first-order chi connectivity index (χ1) is 7.09. The Hall–Kier alpha value is -0.300. The second-order valence-electron chi connectivity index (χ2n) is 5.83. The molecule has 2 aliphatic heterocycles. The molecule has 0 N–H and O–H groups in total. The molecule has 1 fully saturated rings. The van der Waals surface area contributed by atoms with Gasteiger partial charge >= 0.3 is 0 Å². The van der Waals surface area contributed by atoms with E-state index in [0.29, 0.717) is 0 Å². The van der Waals surface area contributed by atoms with Crippen molar-refractivity contribution in [1.82, 2.24) is 4.90 Å². The van der Waals surface area contributed by atoms with Crippen molar-refractivity contribution < 1.29 is 0 Å².